The largest absolute Gasteiger partial charge is 0.487 e. The summed E-state index contributed by atoms with van der Waals surface area (Å²) in [6, 6.07) is 6.26. The minimum atomic E-state index is -4.15. The Labute approximate surface area is 236 Å². The molecule has 1 aliphatic rings. The summed E-state index contributed by atoms with van der Waals surface area (Å²) in [5.41, 5.74) is -2.52. The molecule has 0 unspecified atom stereocenters. The van der Waals surface area contributed by atoms with E-state index in [0.717, 1.165) is 18.5 Å². The zero-order valence-corrected chi connectivity index (χ0v) is 22.0. The van der Waals surface area contributed by atoms with Crippen molar-refractivity contribution in [3.05, 3.63) is 46.9 Å². The summed E-state index contributed by atoms with van der Waals surface area (Å²) in [6.45, 7) is -1.03. The molecular formula is C22H24BrFN4O13. The van der Waals surface area contributed by atoms with Crippen LogP contribution in [0.25, 0.3) is 10.9 Å². The summed E-state index contributed by atoms with van der Waals surface area (Å²) in [5, 5.41) is 111. The second-order valence-electron chi connectivity index (χ2n) is 9.31. The molecule has 0 saturated carbocycles. The number of rotatable bonds is 8. The quantitative estimate of drug-likeness (QED) is 0.111. The average Bonchev–Trinajstić information content (AvgIpc) is 2.75. The molecule has 1 fully saturated rings. The molecule has 1 aromatic heterocycles. The number of hydrogen-bond donors (Lipinski definition) is 12. The Hall–Kier alpha value is -2.89. The number of piperidine rings is 1. The highest BCUT2D eigenvalue weighted by molar-refractivity contribution is 9.10. The van der Waals surface area contributed by atoms with Crippen LogP contribution < -0.4 is 14.8 Å². The van der Waals surface area contributed by atoms with Crippen LogP contribution in [-0.4, -0.2) is 107 Å². The minimum Gasteiger partial charge on any atom is -0.487 e. The van der Waals surface area contributed by atoms with Crippen molar-refractivity contribution in [1.82, 2.24) is 14.9 Å². The maximum Gasteiger partial charge on any atom is 0.453 e. The second-order valence-corrected chi connectivity index (χ2v) is 10.2. The number of benzene rings is 2. The first-order valence-electron chi connectivity index (χ1n) is 11.3. The average molecular weight is 651 g/mol. The van der Waals surface area contributed by atoms with Gasteiger partial charge in [-0.15, -0.1) is 4.90 Å². The van der Waals surface area contributed by atoms with Crippen molar-refractivity contribution in [2.45, 2.75) is 42.5 Å². The van der Waals surface area contributed by atoms with Crippen LogP contribution in [0, 0.1) is 5.82 Å². The summed E-state index contributed by atoms with van der Waals surface area (Å²) in [5.74, 6) is -9.03. The molecule has 0 radical (unpaired) electrons. The molecule has 2 heterocycles. The molecule has 1 aliphatic heterocycles. The van der Waals surface area contributed by atoms with Gasteiger partial charge in [-0.2, -0.15) is 0 Å². The van der Waals surface area contributed by atoms with Gasteiger partial charge in [-0.1, -0.05) is 15.9 Å². The molecule has 41 heavy (non-hydrogen) atoms. The van der Waals surface area contributed by atoms with Gasteiger partial charge in [0.1, 0.15) is 30.2 Å². The van der Waals surface area contributed by atoms with Gasteiger partial charge in [0.05, 0.1) is 11.2 Å². The van der Waals surface area contributed by atoms with Gasteiger partial charge in [0.15, 0.2) is 11.5 Å². The number of ether oxygens (including phenoxy) is 2. The van der Waals surface area contributed by atoms with Gasteiger partial charge in [-0.3, -0.25) is 0 Å². The van der Waals surface area contributed by atoms with E-state index in [0.29, 0.717) is 4.47 Å². The second kappa shape index (κ2) is 10.4. The van der Waals surface area contributed by atoms with Gasteiger partial charge in [0, 0.05) is 28.8 Å². The van der Waals surface area contributed by atoms with E-state index in [-0.39, 0.29) is 22.4 Å². The number of likely N-dealkylation sites (tertiary alicyclic amines) is 1. The lowest BCUT2D eigenvalue weighted by Crippen LogP contribution is -2.76. The highest BCUT2D eigenvalue weighted by Crippen LogP contribution is 2.43. The molecule has 3 aromatic rings. The Morgan fingerprint density at radius 2 is 1.56 bits per heavy atom. The van der Waals surface area contributed by atoms with Gasteiger partial charge in [-0.25, -0.2) is 14.4 Å². The smallest absolute Gasteiger partial charge is 0.453 e. The molecule has 1 saturated heterocycles. The van der Waals surface area contributed by atoms with Crippen molar-refractivity contribution in [1.29, 1.82) is 0 Å². The normalized spacial score (nSPS) is 18.8. The fraction of sp³-hybridized carbons (Fsp3) is 0.364. The van der Waals surface area contributed by atoms with Gasteiger partial charge in [0.25, 0.3) is 0 Å². The highest BCUT2D eigenvalue weighted by atomic mass is 79.9. The number of nitrogens with one attached hydrogen (secondary N) is 1. The van der Waals surface area contributed by atoms with E-state index < -0.39 is 71.3 Å². The van der Waals surface area contributed by atoms with Crippen molar-refractivity contribution < 1.29 is 70.0 Å². The molecule has 2 aromatic carbocycles. The van der Waals surface area contributed by atoms with E-state index in [2.05, 4.69) is 31.2 Å². The number of aromatic nitrogens is 2. The number of aliphatic hydroxyl groups is 11. The van der Waals surface area contributed by atoms with E-state index in [1.807, 2.05) is 0 Å². The Kier molecular flexibility index (Phi) is 7.90. The number of anilines is 2. The molecule has 19 heteroatoms. The van der Waals surface area contributed by atoms with Crippen LogP contribution in [-0.2, 0) is 0 Å². The predicted octanol–water partition coefficient (Wildman–Crippen LogP) is -2.69. The summed E-state index contributed by atoms with van der Waals surface area (Å²) >= 11 is 3.13. The first-order chi connectivity index (χ1) is 18.7. The molecule has 0 atom stereocenters. The predicted molar refractivity (Wildman–Crippen MR) is 132 cm³/mol. The molecule has 0 amide bonds. The summed E-state index contributed by atoms with van der Waals surface area (Å²) in [6.07, 6.45) is -9.40. The van der Waals surface area contributed by atoms with Crippen LogP contribution >= 0.6 is 15.9 Å². The van der Waals surface area contributed by atoms with Crippen LogP contribution in [0.3, 0.4) is 0 Å². The lowest BCUT2D eigenvalue weighted by atomic mass is 9.86. The summed E-state index contributed by atoms with van der Waals surface area (Å²) < 4.78 is 25.0. The SMILES string of the molecule is OC1(COc2cc3ncnc(Nc4ccc(Br)cc4F)c3cc2OC(O)(O)O)CC(O)(O)N(C(O)(O)O)C(O)(O)C1. The summed E-state index contributed by atoms with van der Waals surface area (Å²) in [7, 11) is 0. The van der Waals surface area contributed by atoms with Crippen molar-refractivity contribution in [2.24, 2.45) is 0 Å². The number of fused-ring (bicyclic) bond motifs is 1. The van der Waals surface area contributed by atoms with E-state index >= 15 is 0 Å². The molecule has 0 bridgehead atoms. The number of hydrogen-bond acceptors (Lipinski definition) is 17. The Morgan fingerprint density at radius 1 is 0.927 bits per heavy atom. The van der Waals surface area contributed by atoms with Crippen LogP contribution in [0.2, 0.25) is 0 Å². The van der Waals surface area contributed by atoms with Crippen LogP contribution in [0.5, 0.6) is 11.5 Å². The van der Waals surface area contributed by atoms with E-state index in [1.54, 1.807) is 6.07 Å². The van der Waals surface area contributed by atoms with Crippen molar-refractivity contribution >= 4 is 38.3 Å². The highest BCUT2D eigenvalue weighted by Gasteiger charge is 2.64. The van der Waals surface area contributed by atoms with E-state index in [4.69, 9.17) is 9.47 Å². The topological polar surface area (TPSA) is 282 Å². The maximum atomic E-state index is 14.4. The molecule has 0 spiro atoms. The fourth-order valence-corrected chi connectivity index (χ4v) is 4.74. The van der Waals surface area contributed by atoms with Gasteiger partial charge >= 0.3 is 12.3 Å². The van der Waals surface area contributed by atoms with Gasteiger partial charge in [-0.05, 0) is 24.3 Å². The molecule has 12 N–H and O–H groups in total. The number of nitrogens with zero attached hydrogens (tertiary/aromatic N) is 3. The Morgan fingerprint density at radius 3 is 2.12 bits per heavy atom. The van der Waals surface area contributed by atoms with Gasteiger partial charge < -0.3 is 71.0 Å². The molecule has 224 valence electrons. The monoisotopic (exact) mass is 650 g/mol. The van der Waals surface area contributed by atoms with E-state index in [1.165, 1.54) is 12.1 Å². The molecular weight excluding hydrogens is 627 g/mol. The van der Waals surface area contributed by atoms with Crippen molar-refractivity contribution in [3.63, 3.8) is 0 Å². The first-order valence-corrected chi connectivity index (χ1v) is 12.1. The van der Waals surface area contributed by atoms with Crippen LogP contribution in [0.15, 0.2) is 41.1 Å². The van der Waals surface area contributed by atoms with Gasteiger partial charge in [0.2, 0.25) is 11.8 Å². The standard InChI is InChI=1S/C22H24BrFN4O13/c23-10-1-2-13(12(24)3-10)27-17-11-4-16(41-22(37,38)39)15(5-14(11)25-9-26-17)40-8-18(29)6-19(30,31)28(21(34,35)36)20(32,33)7-18/h1-5,9,29-39H,6-8H2,(H,25,26,27). The third-order valence-corrected chi connectivity index (χ3v) is 6.27. The summed E-state index contributed by atoms with van der Waals surface area (Å²) in [4.78, 5) is 7.34. The molecule has 17 nitrogen and oxygen atoms in total. The first kappa shape index (κ1) is 31.1. The third-order valence-electron chi connectivity index (χ3n) is 5.78. The Bertz CT molecular complexity index is 1430. The van der Waals surface area contributed by atoms with Crippen LogP contribution in [0.1, 0.15) is 12.8 Å². The maximum absolute atomic E-state index is 14.4. The molecule has 0 aliphatic carbocycles. The van der Waals surface area contributed by atoms with Crippen molar-refractivity contribution in [2.75, 3.05) is 11.9 Å². The molecule has 4 rings (SSSR count). The Balaban J connectivity index is 1.69. The number of halogens is 2. The lowest BCUT2D eigenvalue weighted by Gasteiger charge is -2.53. The minimum absolute atomic E-state index is 0.00369. The van der Waals surface area contributed by atoms with E-state index in [9.17, 15) is 60.6 Å². The van der Waals surface area contributed by atoms with Crippen LogP contribution in [0.4, 0.5) is 15.9 Å². The zero-order valence-electron chi connectivity index (χ0n) is 20.4. The van der Waals surface area contributed by atoms with Crippen molar-refractivity contribution in [3.8, 4) is 11.5 Å². The fourth-order valence-electron chi connectivity index (χ4n) is 4.41. The zero-order chi connectivity index (χ0) is 30.6. The lowest BCUT2D eigenvalue weighted by molar-refractivity contribution is -0.546. The third kappa shape index (κ3) is 6.95.